The molecule has 0 aliphatic rings. The number of halogens is 2. The van der Waals surface area contributed by atoms with E-state index in [0.29, 0.717) is 22.8 Å². The third-order valence-corrected chi connectivity index (χ3v) is 10.3. The van der Waals surface area contributed by atoms with Crippen LogP contribution in [-0.2, 0) is 0 Å². The number of aromatic nitrogens is 3. The molecule has 0 spiro atoms. The molecule has 7 aromatic carbocycles. The highest BCUT2D eigenvalue weighted by Gasteiger charge is 2.18. The number of rotatable bonds is 5. The SMILES string of the molecule is Fc1ccccc1-c1cc(-c2nc(Cl)nc(-c3cccc4ccccc34)n2)cc(-c2cccc3sc4c(-c5ccccc5)cccc4c23)c1. The Hall–Kier alpha value is -5.75. The van der Waals surface area contributed by atoms with Gasteiger partial charge in [0.2, 0.25) is 5.28 Å². The van der Waals surface area contributed by atoms with Crippen LogP contribution in [0.25, 0.3) is 87.1 Å². The summed E-state index contributed by atoms with van der Waals surface area (Å²) in [5.74, 6) is 0.586. The minimum absolute atomic E-state index is 0.0881. The standard InChI is InChI=1S/C43H25ClFN3S/c44-43-47-41(46-42(48-43)35-19-8-14-26-13-4-5-15-31(26)35)30-24-28(32-16-6-7-21-37(32)45)23-29(25-30)33-17-10-22-38-39(33)36-20-9-18-34(40(36)49-38)27-11-2-1-3-12-27/h1-25H. The summed E-state index contributed by atoms with van der Waals surface area (Å²) in [5.41, 5.74) is 7.13. The number of hydrogen-bond donors (Lipinski definition) is 0. The van der Waals surface area contributed by atoms with Crippen molar-refractivity contribution in [1.82, 2.24) is 15.0 Å². The Morgan fingerprint density at radius 3 is 1.96 bits per heavy atom. The van der Waals surface area contributed by atoms with Crippen LogP contribution in [-0.4, -0.2) is 15.0 Å². The summed E-state index contributed by atoms with van der Waals surface area (Å²) in [6.45, 7) is 0. The molecule has 0 saturated carbocycles. The van der Waals surface area contributed by atoms with Gasteiger partial charge >= 0.3 is 0 Å². The second-order valence-corrected chi connectivity index (χ2v) is 13.3. The Morgan fingerprint density at radius 1 is 0.469 bits per heavy atom. The molecular formula is C43H25ClFN3S. The first-order valence-electron chi connectivity index (χ1n) is 15.9. The maximum absolute atomic E-state index is 15.4. The predicted octanol–water partition coefficient (Wildman–Crippen LogP) is 12.5. The molecule has 3 nitrogen and oxygen atoms in total. The molecule has 9 rings (SSSR count). The molecule has 0 atom stereocenters. The van der Waals surface area contributed by atoms with Crippen molar-refractivity contribution in [2.24, 2.45) is 0 Å². The van der Waals surface area contributed by atoms with Crippen molar-refractivity contribution in [2.75, 3.05) is 0 Å². The van der Waals surface area contributed by atoms with Crippen molar-refractivity contribution in [3.63, 3.8) is 0 Å². The van der Waals surface area contributed by atoms with Crippen LogP contribution in [0.15, 0.2) is 152 Å². The quantitative estimate of drug-likeness (QED) is 0.183. The number of nitrogens with zero attached hydrogens (tertiary/aromatic N) is 3. The Balaban J connectivity index is 1.28. The molecule has 0 saturated heterocycles. The molecule has 232 valence electrons. The van der Waals surface area contributed by atoms with Crippen LogP contribution in [0.5, 0.6) is 0 Å². The van der Waals surface area contributed by atoms with Gasteiger partial charge in [0, 0.05) is 36.9 Å². The van der Waals surface area contributed by atoms with Crippen molar-refractivity contribution in [3.8, 4) is 56.2 Å². The lowest BCUT2D eigenvalue weighted by molar-refractivity contribution is 0.631. The molecule has 0 N–H and O–H groups in total. The second kappa shape index (κ2) is 12.0. The van der Waals surface area contributed by atoms with Gasteiger partial charge in [-0.25, -0.2) is 9.37 Å². The highest BCUT2D eigenvalue weighted by atomic mass is 35.5. The summed E-state index contributed by atoms with van der Waals surface area (Å²) in [6, 6.07) is 50.4. The van der Waals surface area contributed by atoms with E-state index < -0.39 is 0 Å². The summed E-state index contributed by atoms with van der Waals surface area (Å²) in [5, 5.41) is 4.52. The fourth-order valence-corrected chi connectivity index (χ4v) is 8.14. The van der Waals surface area contributed by atoms with E-state index in [2.05, 4.69) is 94.9 Å². The smallest absolute Gasteiger partial charge is 0.208 e. The maximum atomic E-state index is 15.4. The summed E-state index contributed by atoms with van der Waals surface area (Å²) in [7, 11) is 0. The van der Waals surface area contributed by atoms with Crippen LogP contribution >= 0.6 is 22.9 Å². The maximum Gasteiger partial charge on any atom is 0.226 e. The molecular weight excluding hydrogens is 645 g/mol. The molecule has 0 amide bonds. The lowest BCUT2D eigenvalue weighted by atomic mass is 9.93. The number of thiophene rings is 1. The van der Waals surface area contributed by atoms with E-state index in [1.807, 2.05) is 48.5 Å². The van der Waals surface area contributed by atoms with Gasteiger partial charge in [-0.05, 0) is 80.5 Å². The minimum Gasteiger partial charge on any atom is -0.208 e. The lowest BCUT2D eigenvalue weighted by Crippen LogP contribution is -1.98. The number of fused-ring (bicyclic) bond motifs is 4. The molecule has 49 heavy (non-hydrogen) atoms. The number of hydrogen-bond acceptors (Lipinski definition) is 4. The highest BCUT2D eigenvalue weighted by molar-refractivity contribution is 7.26. The molecule has 0 aliphatic heterocycles. The zero-order valence-electron chi connectivity index (χ0n) is 25.9. The molecule has 0 aliphatic carbocycles. The third kappa shape index (κ3) is 5.24. The molecule has 2 heterocycles. The lowest BCUT2D eigenvalue weighted by Gasteiger charge is -2.13. The molecule has 2 aromatic heterocycles. The van der Waals surface area contributed by atoms with E-state index >= 15 is 4.39 Å². The van der Waals surface area contributed by atoms with Gasteiger partial charge in [-0.1, -0.05) is 121 Å². The molecule has 9 aromatic rings. The van der Waals surface area contributed by atoms with Crippen LogP contribution in [0.2, 0.25) is 5.28 Å². The van der Waals surface area contributed by atoms with Crippen LogP contribution < -0.4 is 0 Å². The molecule has 0 radical (unpaired) electrons. The van der Waals surface area contributed by atoms with Gasteiger partial charge in [0.25, 0.3) is 0 Å². The van der Waals surface area contributed by atoms with Crippen molar-refractivity contribution in [1.29, 1.82) is 0 Å². The first-order chi connectivity index (χ1) is 24.1. The van der Waals surface area contributed by atoms with E-state index in [1.165, 1.54) is 32.0 Å². The summed E-state index contributed by atoms with van der Waals surface area (Å²) >= 11 is 8.40. The zero-order chi connectivity index (χ0) is 32.9. The van der Waals surface area contributed by atoms with Crippen LogP contribution in [0.3, 0.4) is 0 Å². The molecule has 0 bridgehead atoms. The Bertz CT molecular complexity index is 2700. The molecule has 0 fully saturated rings. The van der Waals surface area contributed by atoms with E-state index in [9.17, 15) is 0 Å². The normalized spacial score (nSPS) is 11.5. The Labute approximate surface area is 291 Å². The van der Waals surface area contributed by atoms with Crippen molar-refractivity contribution in [3.05, 3.63) is 163 Å². The van der Waals surface area contributed by atoms with E-state index in [4.69, 9.17) is 16.6 Å². The first-order valence-corrected chi connectivity index (χ1v) is 17.1. The largest absolute Gasteiger partial charge is 0.226 e. The van der Waals surface area contributed by atoms with Crippen molar-refractivity contribution >= 4 is 53.9 Å². The van der Waals surface area contributed by atoms with Crippen LogP contribution in [0.1, 0.15) is 0 Å². The minimum atomic E-state index is -0.303. The van der Waals surface area contributed by atoms with Gasteiger partial charge in [-0.15, -0.1) is 11.3 Å². The second-order valence-electron chi connectivity index (χ2n) is 11.9. The predicted molar refractivity (Wildman–Crippen MR) is 202 cm³/mol. The summed E-state index contributed by atoms with van der Waals surface area (Å²) in [6.07, 6.45) is 0. The average molecular weight is 670 g/mol. The Kier molecular flexibility index (Phi) is 7.23. The highest BCUT2D eigenvalue weighted by Crippen LogP contribution is 2.45. The van der Waals surface area contributed by atoms with Crippen molar-refractivity contribution in [2.45, 2.75) is 0 Å². The van der Waals surface area contributed by atoms with E-state index in [1.54, 1.807) is 23.5 Å². The van der Waals surface area contributed by atoms with Gasteiger partial charge < -0.3 is 0 Å². The fraction of sp³-hybridized carbons (Fsp3) is 0. The monoisotopic (exact) mass is 669 g/mol. The zero-order valence-corrected chi connectivity index (χ0v) is 27.5. The van der Waals surface area contributed by atoms with Gasteiger partial charge in [-0.3, -0.25) is 0 Å². The van der Waals surface area contributed by atoms with Gasteiger partial charge in [0.1, 0.15) is 5.82 Å². The molecule has 6 heteroatoms. The topological polar surface area (TPSA) is 38.7 Å². The van der Waals surface area contributed by atoms with Crippen LogP contribution in [0.4, 0.5) is 4.39 Å². The first kappa shape index (κ1) is 29.4. The fourth-order valence-electron chi connectivity index (χ4n) is 6.72. The number of benzene rings is 7. The van der Waals surface area contributed by atoms with Crippen molar-refractivity contribution < 1.29 is 4.39 Å². The van der Waals surface area contributed by atoms with Gasteiger partial charge in [-0.2, -0.15) is 9.97 Å². The average Bonchev–Trinajstić information content (AvgIpc) is 3.54. The summed E-state index contributed by atoms with van der Waals surface area (Å²) in [4.78, 5) is 14.1. The van der Waals surface area contributed by atoms with Gasteiger partial charge in [0.15, 0.2) is 11.6 Å². The third-order valence-electron chi connectivity index (χ3n) is 8.93. The van der Waals surface area contributed by atoms with Gasteiger partial charge in [0.05, 0.1) is 0 Å². The van der Waals surface area contributed by atoms with E-state index in [0.717, 1.165) is 38.4 Å². The molecule has 0 unspecified atom stereocenters. The van der Waals surface area contributed by atoms with E-state index in [-0.39, 0.29) is 11.1 Å². The Morgan fingerprint density at radius 2 is 1.08 bits per heavy atom. The van der Waals surface area contributed by atoms with Crippen LogP contribution in [0, 0.1) is 5.82 Å². The summed E-state index contributed by atoms with van der Waals surface area (Å²) < 4.78 is 17.8.